The molecule has 0 radical (unpaired) electrons. The van der Waals surface area contributed by atoms with Crippen LogP contribution < -0.4 is 0 Å². The lowest BCUT2D eigenvalue weighted by Crippen LogP contribution is -1.86. The van der Waals surface area contributed by atoms with Crippen molar-refractivity contribution in [3.8, 4) is 33.4 Å². The highest BCUT2D eigenvalue weighted by atomic mass is 14.1. The molecule has 0 spiro atoms. The molecule has 0 aliphatic rings. The number of hydrogen-bond acceptors (Lipinski definition) is 0. The lowest BCUT2D eigenvalue weighted by molar-refractivity contribution is 1.45. The largest absolute Gasteiger partial charge is 0.0620 e. The molecule has 0 saturated carbocycles. The lowest BCUT2D eigenvalue weighted by Gasteiger charge is -2.11. The smallest absolute Gasteiger partial charge is 0.0155 e. The third-order valence-electron chi connectivity index (χ3n) is 4.97. The van der Waals surface area contributed by atoms with Crippen LogP contribution in [0.3, 0.4) is 0 Å². The Morgan fingerprint density at radius 2 is 0.769 bits per heavy atom. The Morgan fingerprint density at radius 1 is 0.385 bits per heavy atom. The Kier molecular flexibility index (Phi) is 4.41. The molecule has 0 aliphatic carbocycles. The standard InChI is InChI=1S/C26H22/c1-19-9-3-5-15-25(19)23-13-7-11-21(17-23)22-12-8-14-24(18-22)26-16-6-4-10-20(26)2/h3-18H,1-2H3. The van der Waals surface area contributed by atoms with E-state index in [9.17, 15) is 0 Å². The average molecular weight is 334 g/mol. The van der Waals surface area contributed by atoms with Crippen molar-refractivity contribution in [2.24, 2.45) is 0 Å². The summed E-state index contributed by atoms with van der Waals surface area (Å²) in [4.78, 5) is 0. The van der Waals surface area contributed by atoms with Crippen LogP contribution in [0.5, 0.6) is 0 Å². The quantitative estimate of drug-likeness (QED) is 0.368. The molecule has 26 heavy (non-hydrogen) atoms. The van der Waals surface area contributed by atoms with Crippen LogP contribution in [0.4, 0.5) is 0 Å². The molecule has 0 fully saturated rings. The van der Waals surface area contributed by atoms with E-state index in [0.717, 1.165) is 0 Å². The summed E-state index contributed by atoms with van der Waals surface area (Å²) in [5, 5.41) is 0. The highest BCUT2D eigenvalue weighted by molar-refractivity contribution is 5.78. The Balaban J connectivity index is 1.78. The van der Waals surface area contributed by atoms with Crippen LogP contribution in [0.2, 0.25) is 0 Å². The van der Waals surface area contributed by atoms with Gasteiger partial charge in [-0.05, 0) is 70.5 Å². The van der Waals surface area contributed by atoms with Crippen LogP contribution >= 0.6 is 0 Å². The van der Waals surface area contributed by atoms with E-state index >= 15 is 0 Å². The van der Waals surface area contributed by atoms with Gasteiger partial charge in [0.1, 0.15) is 0 Å². The molecular weight excluding hydrogens is 312 g/mol. The van der Waals surface area contributed by atoms with E-state index in [1.165, 1.54) is 44.5 Å². The van der Waals surface area contributed by atoms with E-state index in [1.807, 2.05) is 0 Å². The normalized spacial score (nSPS) is 10.7. The summed E-state index contributed by atoms with van der Waals surface area (Å²) in [6.45, 7) is 4.33. The number of aryl methyl sites for hydroxylation is 2. The second kappa shape index (κ2) is 7.01. The summed E-state index contributed by atoms with van der Waals surface area (Å²) in [6, 6.07) is 34.8. The molecule has 0 nitrogen and oxygen atoms in total. The Hall–Kier alpha value is -3.12. The highest BCUT2D eigenvalue weighted by Gasteiger charge is 2.06. The maximum Gasteiger partial charge on any atom is -0.0155 e. The first kappa shape index (κ1) is 16.4. The summed E-state index contributed by atoms with van der Waals surface area (Å²) in [7, 11) is 0. The molecule has 0 aliphatic heterocycles. The fourth-order valence-corrected chi connectivity index (χ4v) is 3.53. The monoisotopic (exact) mass is 334 g/mol. The van der Waals surface area contributed by atoms with Crippen molar-refractivity contribution in [2.75, 3.05) is 0 Å². The second-order valence-electron chi connectivity index (χ2n) is 6.79. The maximum absolute atomic E-state index is 2.29. The Labute approximate surface area is 155 Å². The minimum atomic E-state index is 1.25. The molecule has 126 valence electrons. The van der Waals surface area contributed by atoms with Gasteiger partial charge in [-0.15, -0.1) is 0 Å². The third kappa shape index (κ3) is 3.19. The van der Waals surface area contributed by atoms with E-state index in [0.29, 0.717) is 0 Å². The van der Waals surface area contributed by atoms with E-state index < -0.39 is 0 Å². The van der Waals surface area contributed by atoms with Gasteiger partial charge in [-0.2, -0.15) is 0 Å². The van der Waals surface area contributed by atoms with Gasteiger partial charge in [-0.1, -0.05) is 84.9 Å². The van der Waals surface area contributed by atoms with Crippen molar-refractivity contribution in [1.82, 2.24) is 0 Å². The molecule has 0 atom stereocenters. The predicted molar refractivity (Wildman–Crippen MR) is 112 cm³/mol. The van der Waals surface area contributed by atoms with E-state index in [2.05, 4.69) is 111 Å². The van der Waals surface area contributed by atoms with Crippen LogP contribution in [-0.2, 0) is 0 Å². The molecule has 0 saturated heterocycles. The minimum absolute atomic E-state index is 1.25. The van der Waals surface area contributed by atoms with Crippen LogP contribution in [-0.4, -0.2) is 0 Å². The molecule has 4 aromatic carbocycles. The van der Waals surface area contributed by atoms with Crippen molar-refractivity contribution in [1.29, 1.82) is 0 Å². The van der Waals surface area contributed by atoms with Gasteiger partial charge in [0.25, 0.3) is 0 Å². The fourth-order valence-electron chi connectivity index (χ4n) is 3.53. The Bertz CT molecular complexity index is 970. The van der Waals surface area contributed by atoms with Crippen molar-refractivity contribution in [3.63, 3.8) is 0 Å². The predicted octanol–water partition coefficient (Wildman–Crippen LogP) is 7.30. The van der Waals surface area contributed by atoms with E-state index in [1.54, 1.807) is 0 Å². The number of hydrogen-bond donors (Lipinski definition) is 0. The van der Waals surface area contributed by atoms with Crippen LogP contribution in [0.1, 0.15) is 11.1 Å². The van der Waals surface area contributed by atoms with Crippen molar-refractivity contribution < 1.29 is 0 Å². The molecule has 0 N–H and O–H groups in total. The molecule has 0 bridgehead atoms. The van der Waals surface area contributed by atoms with Crippen LogP contribution in [0.15, 0.2) is 97.1 Å². The van der Waals surface area contributed by atoms with E-state index in [-0.39, 0.29) is 0 Å². The van der Waals surface area contributed by atoms with E-state index in [4.69, 9.17) is 0 Å². The van der Waals surface area contributed by atoms with Gasteiger partial charge in [-0.25, -0.2) is 0 Å². The summed E-state index contributed by atoms with van der Waals surface area (Å²) < 4.78 is 0. The zero-order chi connectivity index (χ0) is 17.9. The van der Waals surface area contributed by atoms with Crippen molar-refractivity contribution >= 4 is 0 Å². The van der Waals surface area contributed by atoms with Gasteiger partial charge in [0.05, 0.1) is 0 Å². The maximum atomic E-state index is 2.29. The summed E-state index contributed by atoms with van der Waals surface area (Å²) in [6.07, 6.45) is 0. The number of rotatable bonds is 3. The zero-order valence-electron chi connectivity index (χ0n) is 15.2. The SMILES string of the molecule is Cc1ccccc1-c1cccc(-c2cccc(-c3ccccc3C)c2)c1. The van der Waals surface area contributed by atoms with Crippen molar-refractivity contribution in [3.05, 3.63) is 108 Å². The van der Waals surface area contributed by atoms with Gasteiger partial charge < -0.3 is 0 Å². The lowest BCUT2D eigenvalue weighted by atomic mass is 9.94. The topological polar surface area (TPSA) is 0 Å². The zero-order valence-corrected chi connectivity index (χ0v) is 15.2. The van der Waals surface area contributed by atoms with Gasteiger partial charge in [0.15, 0.2) is 0 Å². The van der Waals surface area contributed by atoms with Gasteiger partial charge in [0.2, 0.25) is 0 Å². The molecule has 0 amide bonds. The second-order valence-corrected chi connectivity index (χ2v) is 6.79. The first-order valence-electron chi connectivity index (χ1n) is 9.05. The first-order valence-corrected chi connectivity index (χ1v) is 9.05. The third-order valence-corrected chi connectivity index (χ3v) is 4.97. The molecule has 0 heteroatoms. The Morgan fingerprint density at radius 3 is 1.19 bits per heavy atom. The average Bonchev–Trinajstić information content (AvgIpc) is 2.69. The van der Waals surface area contributed by atoms with Gasteiger partial charge in [0, 0.05) is 0 Å². The highest BCUT2D eigenvalue weighted by Crippen LogP contribution is 2.31. The van der Waals surface area contributed by atoms with Gasteiger partial charge in [-0.3, -0.25) is 0 Å². The van der Waals surface area contributed by atoms with Crippen LogP contribution in [0, 0.1) is 13.8 Å². The fraction of sp³-hybridized carbons (Fsp3) is 0.0769. The molecule has 0 aromatic heterocycles. The molecule has 0 unspecified atom stereocenters. The summed E-state index contributed by atoms with van der Waals surface area (Å²) in [5.74, 6) is 0. The minimum Gasteiger partial charge on any atom is -0.0620 e. The van der Waals surface area contributed by atoms with Gasteiger partial charge >= 0.3 is 0 Å². The van der Waals surface area contributed by atoms with Crippen molar-refractivity contribution in [2.45, 2.75) is 13.8 Å². The summed E-state index contributed by atoms with van der Waals surface area (Å²) in [5.41, 5.74) is 10.2. The number of benzene rings is 4. The molecule has 4 rings (SSSR count). The molecule has 4 aromatic rings. The molecule has 0 heterocycles. The molecular formula is C26H22. The van der Waals surface area contributed by atoms with Crippen LogP contribution in [0.25, 0.3) is 33.4 Å². The first-order chi connectivity index (χ1) is 12.7. The summed E-state index contributed by atoms with van der Waals surface area (Å²) >= 11 is 0.